The van der Waals surface area contributed by atoms with E-state index in [1.807, 2.05) is 0 Å². The largest absolute Gasteiger partial charge is 0.466 e. The zero-order valence-electron chi connectivity index (χ0n) is 46.6. The molecule has 0 rings (SSSR count). The van der Waals surface area contributed by atoms with E-state index in [2.05, 4.69) is 43.5 Å². The first-order valence-electron chi connectivity index (χ1n) is 31.1. The van der Waals surface area contributed by atoms with Gasteiger partial charge in [0.15, 0.2) is 0 Å². The van der Waals surface area contributed by atoms with E-state index in [1.165, 1.54) is 263 Å². The summed E-state index contributed by atoms with van der Waals surface area (Å²) >= 11 is 0. The number of esters is 1. The predicted octanol–water partition coefficient (Wildman–Crippen LogP) is 19.4. The highest BCUT2D eigenvalue weighted by Crippen LogP contribution is 2.17. The molecule has 0 aliphatic heterocycles. The van der Waals surface area contributed by atoms with Crippen molar-refractivity contribution in [3.63, 3.8) is 0 Å². The van der Waals surface area contributed by atoms with Crippen LogP contribution in [0, 0.1) is 0 Å². The normalized spacial score (nSPS) is 12.7. The number of allylic oxidation sites excluding steroid dienone is 4. The van der Waals surface area contributed by atoms with Gasteiger partial charge in [-0.1, -0.05) is 276 Å². The molecule has 0 heterocycles. The number of ether oxygens (including phenoxy) is 1. The molecule has 0 aromatic carbocycles. The number of carbonyl (C=O) groups is 2. The van der Waals surface area contributed by atoms with Gasteiger partial charge in [-0.25, -0.2) is 0 Å². The summed E-state index contributed by atoms with van der Waals surface area (Å²) in [5.74, 6) is -0.0319. The lowest BCUT2D eigenvalue weighted by molar-refractivity contribution is -0.143. The van der Waals surface area contributed by atoms with Crippen LogP contribution in [0.4, 0.5) is 0 Å². The van der Waals surface area contributed by atoms with Gasteiger partial charge in [-0.15, -0.1) is 0 Å². The standard InChI is InChI=1S/C63H121NO5/c1-3-5-7-9-11-13-15-17-33-37-41-45-49-53-57-63(68)69-58-54-50-46-42-38-34-30-28-26-24-22-20-18-19-21-23-25-27-29-32-36-40-44-48-52-56-62(67)64-60(59-65)61(66)55-51-47-43-39-35-31-16-14-12-10-8-6-4-2/h15,17,19,21,60-61,65-66H,3-14,16,18,20,22-59H2,1-2H3,(H,64,67)/b17-15-,21-19-. The fraction of sp³-hybridized carbons (Fsp3) is 0.905. The fourth-order valence-corrected chi connectivity index (χ4v) is 9.69. The molecule has 69 heavy (non-hydrogen) atoms. The van der Waals surface area contributed by atoms with E-state index in [1.54, 1.807) is 0 Å². The first kappa shape index (κ1) is 67.3. The van der Waals surface area contributed by atoms with E-state index in [4.69, 9.17) is 4.74 Å². The summed E-state index contributed by atoms with van der Waals surface area (Å²) in [5, 5.41) is 23.2. The molecule has 0 aliphatic carbocycles. The first-order valence-corrected chi connectivity index (χ1v) is 31.1. The molecule has 0 bridgehead atoms. The summed E-state index contributed by atoms with van der Waals surface area (Å²) in [6.07, 6.45) is 71.9. The molecule has 2 atom stereocenters. The van der Waals surface area contributed by atoms with Gasteiger partial charge < -0.3 is 20.3 Å². The molecule has 3 N–H and O–H groups in total. The van der Waals surface area contributed by atoms with Crippen LogP contribution in [0.1, 0.15) is 341 Å². The molecule has 6 nitrogen and oxygen atoms in total. The molecular formula is C63H121NO5. The Balaban J connectivity index is 3.38. The van der Waals surface area contributed by atoms with Crippen LogP contribution in [0.15, 0.2) is 24.3 Å². The van der Waals surface area contributed by atoms with Crippen LogP contribution in [0.5, 0.6) is 0 Å². The summed E-state index contributed by atoms with van der Waals surface area (Å²) in [7, 11) is 0. The number of hydrogen-bond acceptors (Lipinski definition) is 5. The fourth-order valence-electron chi connectivity index (χ4n) is 9.69. The van der Waals surface area contributed by atoms with Crippen molar-refractivity contribution in [3.05, 3.63) is 24.3 Å². The van der Waals surface area contributed by atoms with Crippen molar-refractivity contribution in [2.45, 2.75) is 353 Å². The van der Waals surface area contributed by atoms with Gasteiger partial charge in [-0.05, 0) is 77.0 Å². The summed E-state index contributed by atoms with van der Waals surface area (Å²) in [6.45, 7) is 4.95. The third-order valence-electron chi connectivity index (χ3n) is 14.5. The second-order valence-corrected chi connectivity index (χ2v) is 21.4. The maximum Gasteiger partial charge on any atom is 0.305 e. The molecule has 0 aromatic heterocycles. The molecule has 0 radical (unpaired) electrons. The molecular weight excluding hydrogens is 851 g/mol. The molecule has 0 saturated carbocycles. The third kappa shape index (κ3) is 55.5. The average molecular weight is 973 g/mol. The Bertz CT molecular complexity index is 1080. The van der Waals surface area contributed by atoms with E-state index in [0.29, 0.717) is 25.9 Å². The quantitative estimate of drug-likeness (QED) is 0.0321. The molecule has 0 spiro atoms. The number of aliphatic hydroxyl groups is 2. The molecule has 6 heteroatoms. The monoisotopic (exact) mass is 972 g/mol. The van der Waals surface area contributed by atoms with Crippen molar-refractivity contribution in [2.75, 3.05) is 13.2 Å². The van der Waals surface area contributed by atoms with Crippen LogP contribution in [0.2, 0.25) is 0 Å². The number of aliphatic hydroxyl groups excluding tert-OH is 2. The van der Waals surface area contributed by atoms with E-state index in [9.17, 15) is 19.8 Å². The van der Waals surface area contributed by atoms with Gasteiger partial charge in [0.25, 0.3) is 0 Å². The maximum absolute atomic E-state index is 12.5. The van der Waals surface area contributed by atoms with E-state index < -0.39 is 12.1 Å². The van der Waals surface area contributed by atoms with Crippen molar-refractivity contribution in [1.82, 2.24) is 5.32 Å². The highest BCUT2D eigenvalue weighted by Gasteiger charge is 2.20. The Hall–Kier alpha value is -1.66. The molecule has 0 fully saturated rings. The molecule has 0 saturated heterocycles. The van der Waals surface area contributed by atoms with Crippen LogP contribution in [0.25, 0.3) is 0 Å². The lowest BCUT2D eigenvalue weighted by Crippen LogP contribution is -2.45. The van der Waals surface area contributed by atoms with Gasteiger partial charge >= 0.3 is 5.97 Å². The van der Waals surface area contributed by atoms with Crippen LogP contribution in [-0.4, -0.2) is 47.4 Å². The van der Waals surface area contributed by atoms with Gasteiger partial charge in [0.05, 0.1) is 25.4 Å². The number of rotatable bonds is 58. The minimum Gasteiger partial charge on any atom is -0.466 e. The van der Waals surface area contributed by atoms with Gasteiger partial charge in [-0.2, -0.15) is 0 Å². The van der Waals surface area contributed by atoms with Crippen molar-refractivity contribution < 1.29 is 24.5 Å². The topological polar surface area (TPSA) is 95.9 Å². The van der Waals surface area contributed by atoms with Gasteiger partial charge in [0.1, 0.15) is 0 Å². The van der Waals surface area contributed by atoms with Crippen molar-refractivity contribution in [3.8, 4) is 0 Å². The van der Waals surface area contributed by atoms with Crippen LogP contribution in [-0.2, 0) is 14.3 Å². The van der Waals surface area contributed by atoms with Gasteiger partial charge in [-0.3, -0.25) is 9.59 Å². The second-order valence-electron chi connectivity index (χ2n) is 21.4. The Morgan fingerprint density at radius 2 is 0.681 bits per heavy atom. The number of carbonyl (C=O) groups excluding carboxylic acids is 2. The number of hydrogen-bond donors (Lipinski definition) is 3. The Kier molecular flexibility index (Phi) is 57.5. The zero-order chi connectivity index (χ0) is 50.0. The minimum atomic E-state index is -0.665. The van der Waals surface area contributed by atoms with Crippen molar-refractivity contribution in [2.24, 2.45) is 0 Å². The summed E-state index contributed by atoms with van der Waals surface area (Å²) in [4.78, 5) is 24.5. The Labute approximate surface area is 431 Å². The molecule has 1 amide bonds. The van der Waals surface area contributed by atoms with E-state index in [0.717, 1.165) is 44.9 Å². The van der Waals surface area contributed by atoms with Gasteiger partial charge in [0.2, 0.25) is 5.91 Å². The van der Waals surface area contributed by atoms with E-state index in [-0.39, 0.29) is 18.5 Å². The number of nitrogens with one attached hydrogen (secondary N) is 1. The first-order chi connectivity index (χ1) is 34.0. The van der Waals surface area contributed by atoms with Crippen LogP contribution in [0.3, 0.4) is 0 Å². The average Bonchev–Trinajstić information content (AvgIpc) is 3.35. The van der Waals surface area contributed by atoms with Gasteiger partial charge in [0, 0.05) is 12.8 Å². The summed E-state index contributed by atoms with van der Waals surface area (Å²) < 4.78 is 5.48. The smallest absolute Gasteiger partial charge is 0.305 e. The lowest BCUT2D eigenvalue weighted by atomic mass is 10.0. The maximum atomic E-state index is 12.5. The third-order valence-corrected chi connectivity index (χ3v) is 14.5. The number of amides is 1. The zero-order valence-corrected chi connectivity index (χ0v) is 46.6. The minimum absolute atomic E-state index is 0.00516. The lowest BCUT2D eigenvalue weighted by Gasteiger charge is -2.22. The molecule has 408 valence electrons. The van der Waals surface area contributed by atoms with Crippen LogP contribution >= 0.6 is 0 Å². The second kappa shape index (κ2) is 58.9. The van der Waals surface area contributed by atoms with Crippen LogP contribution < -0.4 is 5.32 Å². The highest BCUT2D eigenvalue weighted by molar-refractivity contribution is 5.76. The summed E-state index contributed by atoms with van der Waals surface area (Å²) in [5.41, 5.74) is 0. The Morgan fingerprint density at radius 1 is 0.391 bits per heavy atom. The van der Waals surface area contributed by atoms with E-state index >= 15 is 0 Å². The SMILES string of the molecule is CCCCCCC/C=C\CCCCCCCC(=O)OCCCCCCCCCCCCCC/C=C\CCCCCCCCCCCC(=O)NC(CO)C(O)CCCCCCCCCCCCCCC. The highest BCUT2D eigenvalue weighted by atomic mass is 16.5. The van der Waals surface area contributed by atoms with Crippen molar-refractivity contribution >= 4 is 11.9 Å². The Morgan fingerprint density at radius 3 is 1.03 bits per heavy atom. The predicted molar refractivity (Wildman–Crippen MR) is 301 cm³/mol. The molecule has 0 aliphatic rings. The number of unbranched alkanes of at least 4 members (excludes halogenated alkanes) is 43. The summed E-state index contributed by atoms with van der Waals surface area (Å²) in [6, 6.07) is -0.543. The van der Waals surface area contributed by atoms with Crippen molar-refractivity contribution in [1.29, 1.82) is 0 Å². The molecule has 2 unspecified atom stereocenters. The molecule has 0 aromatic rings.